The summed E-state index contributed by atoms with van der Waals surface area (Å²) in [6.45, 7) is 8.83. The smallest absolute Gasteiger partial charge is 0.188 e. The summed E-state index contributed by atoms with van der Waals surface area (Å²) in [5.74, 6) is 0.518. The minimum Gasteiger partial charge on any atom is -0.379 e. The van der Waals surface area contributed by atoms with E-state index in [1.165, 1.54) is 12.8 Å². The van der Waals surface area contributed by atoms with E-state index in [0.717, 1.165) is 32.8 Å². The molecule has 5 heteroatoms. The fourth-order valence-electron chi connectivity index (χ4n) is 2.22. The molecule has 1 aliphatic carbocycles. The first-order valence-corrected chi connectivity index (χ1v) is 6.24. The van der Waals surface area contributed by atoms with Crippen LogP contribution in [-0.2, 0) is 4.74 Å². The van der Waals surface area contributed by atoms with Crippen LogP contribution in [0.2, 0.25) is 0 Å². The van der Waals surface area contributed by atoms with Gasteiger partial charge in [0, 0.05) is 25.2 Å². The molecule has 17 heavy (non-hydrogen) atoms. The predicted octanol–water partition coefficient (Wildman–Crippen LogP) is -0.0585. The van der Waals surface area contributed by atoms with E-state index in [1.54, 1.807) is 6.08 Å². The Kier molecular flexibility index (Phi) is 4.02. The van der Waals surface area contributed by atoms with E-state index in [0.29, 0.717) is 12.5 Å². The fraction of sp³-hybridized carbons (Fsp3) is 0.750. The summed E-state index contributed by atoms with van der Waals surface area (Å²) in [7, 11) is 0. The van der Waals surface area contributed by atoms with Crippen molar-refractivity contribution in [3.8, 4) is 0 Å². The highest BCUT2D eigenvalue weighted by atomic mass is 16.5. The second-order valence-electron chi connectivity index (χ2n) is 4.69. The second-order valence-corrected chi connectivity index (χ2v) is 4.69. The van der Waals surface area contributed by atoms with Gasteiger partial charge in [-0.25, -0.2) is 0 Å². The van der Waals surface area contributed by atoms with E-state index in [2.05, 4.69) is 21.8 Å². The molecule has 0 aromatic carbocycles. The Morgan fingerprint density at radius 2 is 2.18 bits per heavy atom. The van der Waals surface area contributed by atoms with Gasteiger partial charge in [-0.2, -0.15) is 0 Å². The maximum Gasteiger partial charge on any atom is 0.188 e. The van der Waals surface area contributed by atoms with Gasteiger partial charge in [-0.3, -0.25) is 9.89 Å². The average molecular weight is 238 g/mol. The minimum absolute atomic E-state index is 0.268. The lowest BCUT2D eigenvalue weighted by atomic mass is 10.2. The largest absolute Gasteiger partial charge is 0.379 e. The molecule has 2 aliphatic rings. The van der Waals surface area contributed by atoms with Crippen LogP contribution in [0.3, 0.4) is 0 Å². The molecule has 3 N–H and O–H groups in total. The lowest BCUT2D eigenvalue weighted by molar-refractivity contribution is 0.0117. The third-order valence-electron chi connectivity index (χ3n) is 3.48. The number of rotatable bonds is 5. The highest BCUT2D eigenvalue weighted by molar-refractivity contribution is 5.78. The van der Waals surface area contributed by atoms with Crippen molar-refractivity contribution < 1.29 is 4.74 Å². The van der Waals surface area contributed by atoms with Crippen LogP contribution in [0.4, 0.5) is 0 Å². The molecule has 0 atom stereocenters. The lowest BCUT2D eigenvalue weighted by Gasteiger charge is -2.34. The SMILES string of the molecule is C=CCNC(N)=NCC1(N2CCOCC2)CC1. The maximum atomic E-state index is 5.77. The van der Waals surface area contributed by atoms with Gasteiger partial charge in [-0.05, 0) is 12.8 Å². The van der Waals surface area contributed by atoms with E-state index >= 15 is 0 Å². The summed E-state index contributed by atoms with van der Waals surface area (Å²) in [6.07, 6.45) is 4.23. The van der Waals surface area contributed by atoms with Gasteiger partial charge in [0.1, 0.15) is 0 Å². The second kappa shape index (κ2) is 5.51. The van der Waals surface area contributed by atoms with Crippen LogP contribution in [0.25, 0.3) is 0 Å². The first kappa shape index (κ1) is 12.4. The van der Waals surface area contributed by atoms with Gasteiger partial charge in [0.05, 0.1) is 19.8 Å². The van der Waals surface area contributed by atoms with E-state index < -0.39 is 0 Å². The fourth-order valence-corrected chi connectivity index (χ4v) is 2.22. The Hall–Kier alpha value is -1.07. The molecule has 5 nitrogen and oxygen atoms in total. The predicted molar refractivity (Wildman–Crippen MR) is 69.0 cm³/mol. The molecule has 2 fully saturated rings. The number of nitrogens with zero attached hydrogens (tertiary/aromatic N) is 2. The third kappa shape index (κ3) is 3.20. The molecule has 0 spiro atoms. The zero-order valence-corrected chi connectivity index (χ0v) is 10.3. The first-order valence-electron chi connectivity index (χ1n) is 6.24. The maximum absolute atomic E-state index is 5.77. The van der Waals surface area contributed by atoms with Crippen molar-refractivity contribution in [1.29, 1.82) is 0 Å². The van der Waals surface area contributed by atoms with Gasteiger partial charge in [0.15, 0.2) is 5.96 Å². The van der Waals surface area contributed by atoms with Crippen molar-refractivity contribution in [3.63, 3.8) is 0 Å². The van der Waals surface area contributed by atoms with Crippen LogP contribution in [0.15, 0.2) is 17.6 Å². The van der Waals surface area contributed by atoms with Crippen molar-refractivity contribution in [1.82, 2.24) is 10.2 Å². The Labute approximate surface area is 103 Å². The zero-order valence-electron chi connectivity index (χ0n) is 10.3. The zero-order chi connectivity index (χ0) is 12.1. The van der Waals surface area contributed by atoms with Gasteiger partial charge in [0.25, 0.3) is 0 Å². The molecular weight excluding hydrogens is 216 g/mol. The Morgan fingerprint density at radius 3 is 2.76 bits per heavy atom. The quantitative estimate of drug-likeness (QED) is 0.400. The summed E-state index contributed by atoms with van der Waals surface area (Å²) in [5, 5.41) is 3.00. The molecule has 1 saturated carbocycles. The molecule has 0 aromatic rings. The summed E-state index contributed by atoms with van der Waals surface area (Å²) >= 11 is 0. The van der Waals surface area contributed by atoms with E-state index in [1.807, 2.05) is 0 Å². The first-order chi connectivity index (χ1) is 8.27. The van der Waals surface area contributed by atoms with Gasteiger partial charge in [-0.1, -0.05) is 6.08 Å². The van der Waals surface area contributed by atoms with Crippen LogP contribution < -0.4 is 11.1 Å². The Balaban J connectivity index is 1.82. The highest BCUT2D eigenvalue weighted by Gasteiger charge is 2.47. The molecule has 0 radical (unpaired) electrons. The summed E-state index contributed by atoms with van der Waals surface area (Å²) in [5.41, 5.74) is 6.04. The summed E-state index contributed by atoms with van der Waals surface area (Å²) < 4.78 is 5.38. The molecule has 0 unspecified atom stereocenters. The molecular formula is C12H22N4O. The van der Waals surface area contributed by atoms with Crippen LogP contribution in [0, 0.1) is 0 Å². The number of hydrogen-bond donors (Lipinski definition) is 2. The van der Waals surface area contributed by atoms with Crippen molar-refractivity contribution in [3.05, 3.63) is 12.7 Å². The molecule has 0 amide bonds. The van der Waals surface area contributed by atoms with Crippen LogP contribution >= 0.6 is 0 Å². The monoisotopic (exact) mass is 238 g/mol. The molecule has 0 bridgehead atoms. The summed E-state index contributed by atoms with van der Waals surface area (Å²) in [4.78, 5) is 6.92. The van der Waals surface area contributed by atoms with Gasteiger partial charge < -0.3 is 15.8 Å². The number of nitrogens with one attached hydrogen (secondary N) is 1. The molecule has 1 saturated heterocycles. The molecule has 2 rings (SSSR count). The van der Waals surface area contributed by atoms with Crippen molar-refractivity contribution in [2.45, 2.75) is 18.4 Å². The molecule has 1 aliphatic heterocycles. The van der Waals surface area contributed by atoms with Crippen LogP contribution in [0.1, 0.15) is 12.8 Å². The molecule has 1 heterocycles. The topological polar surface area (TPSA) is 62.9 Å². The van der Waals surface area contributed by atoms with Gasteiger partial charge in [-0.15, -0.1) is 6.58 Å². The number of ether oxygens (including phenoxy) is 1. The van der Waals surface area contributed by atoms with E-state index in [9.17, 15) is 0 Å². The average Bonchev–Trinajstić information content (AvgIpc) is 3.16. The van der Waals surface area contributed by atoms with Crippen molar-refractivity contribution in [2.75, 3.05) is 39.4 Å². The van der Waals surface area contributed by atoms with Crippen LogP contribution in [-0.4, -0.2) is 55.8 Å². The normalized spacial score (nSPS) is 24.4. The third-order valence-corrected chi connectivity index (χ3v) is 3.48. The van der Waals surface area contributed by atoms with Gasteiger partial charge >= 0.3 is 0 Å². The van der Waals surface area contributed by atoms with Crippen molar-refractivity contribution in [2.24, 2.45) is 10.7 Å². The van der Waals surface area contributed by atoms with Gasteiger partial charge in [0.2, 0.25) is 0 Å². The number of hydrogen-bond acceptors (Lipinski definition) is 3. The summed E-state index contributed by atoms with van der Waals surface area (Å²) in [6, 6.07) is 0. The Morgan fingerprint density at radius 1 is 1.47 bits per heavy atom. The van der Waals surface area contributed by atoms with Crippen LogP contribution in [0.5, 0.6) is 0 Å². The van der Waals surface area contributed by atoms with E-state index in [-0.39, 0.29) is 5.54 Å². The van der Waals surface area contributed by atoms with E-state index in [4.69, 9.17) is 10.5 Å². The Bertz CT molecular complexity index is 293. The number of morpholine rings is 1. The number of guanidine groups is 1. The number of aliphatic imine (C=N–C) groups is 1. The minimum atomic E-state index is 0.268. The molecule has 0 aromatic heterocycles. The van der Waals surface area contributed by atoms with Crippen molar-refractivity contribution >= 4 is 5.96 Å². The standard InChI is InChI=1S/C12H22N4O/c1-2-5-14-11(13)15-10-12(3-4-12)16-6-8-17-9-7-16/h2H,1,3-10H2,(H3,13,14,15). The molecule has 96 valence electrons. The number of nitrogens with two attached hydrogens (primary N) is 1. The highest BCUT2D eigenvalue weighted by Crippen LogP contribution is 2.42. The lowest BCUT2D eigenvalue weighted by Crippen LogP contribution is -2.47.